The lowest BCUT2D eigenvalue weighted by atomic mass is 9.79. The van der Waals surface area contributed by atoms with E-state index in [1.807, 2.05) is 25.9 Å². The molecule has 6 unspecified atom stereocenters. The zero-order valence-corrected chi connectivity index (χ0v) is 21.1. The molecule has 3 fully saturated rings. The molecule has 34 heavy (non-hydrogen) atoms. The van der Waals surface area contributed by atoms with Crippen LogP contribution in [0.5, 0.6) is 0 Å². The molecule has 4 heterocycles. The van der Waals surface area contributed by atoms with Crippen LogP contribution in [0.25, 0.3) is 0 Å². The number of aliphatic carboxylic acids is 1. The minimum Gasteiger partial charge on any atom is -0.477 e. The van der Waals surface area contributed by atoms with Crippen molar-refractivity contribution >= 4 is 29.5 Å². The van der Waals surface area contributed by atoms with E-state index in [-0.39, 0.29) is 53.5 Å². The fraction of sp³-hybridized carbons (Fsp3) is 0.783. The lowest BCUT2D eigenvalue weighted by molar-refractivity contribution is -0.912. The zero-order valence-electron chi connectivity index (χ0n) is 20.2. The van der Waals surface area contributed by atoms with Crippen LogP contribution >= 0.6 is 11.8 Å². The van der Waals surface area contributed by atoms with Crippen LogP contribution in [0.2, 0.25) is 0 Å². The number of nitrogens with zero attached hydrogens (tertiary/aromatic N) is 3. The highest BCUT2D eigenvalue weighted by atomic mass is 32.2. The molecule has 190 valence electrons. The number of amides is 2. The summed E-state index contributed by atoms with van der Waals surface area (Å²) in [5.74, 6) is -2.19. The normalized spacial score (nSPS) is 34.5. The average molecular weight is 500 g/mol. The number of quaternary nitrogens is 1. The van der Waals surface area contributed by atoms with E-state index in [9.17, 15) is 29.0 Å². The third kappa shape index (κ3) is 4.25. The number of alkyl halides is 1. The molecule has 4 aliphatic rings. The van der Waals surface area contributed by atoms with Crippen LogP contribution in [0.4, 0.5) is 4.39 Å². The van der Waals surface area contributed by atoms with E-state index in [1.54, 1.807) is 6.92 Å². The van der Waals surface area contributed by atoms with E-state index in [1.165, 1.54) is 16.7 Å². The van der Waals surface area contributed by atoms with Crippen molar-refractivity contribution in [2.75, 3.05) is 46.9 Å². The van der Waals surface area contributed by atoms with Gasteiger partial charge >= 0.3 is 5.97 Å². The molecule has 0 aliphatic carbocycles. The molecule has 9 nitrogen and oxygen atoms in total. The van der Waals surface area contributed by atoms with Crippen molar-refractivity contribution < 1.29 is 33.5 Å². The first kappa shape index (κ1) is 25.4. The standard InChI is InChI=1S/C23H35FN4O5S/c1-12-18-17(13(2)29)22(31)27(18)19(23(32)33)20(12)34-15-9-16(25-10-15)21(30)26-7-5-14(11-26)28(3,4)8-6-24/h12-18,25,29H,5-11H2,1-4H3/p+1/t12?,13?,14?,15?,16?,17?,18-/m0/s1. The van der Waals surface area contributed by atoms with E-state index in [2.05, 4.69) is 5.32 Å². The number of halogens is 1. The van der Waals surface area contributed by atoms with E-state index in [0.717, 1.165) is 6.42 Å². The quantitative estimate of drug-likeness (QED) is 0.324. The summed E-state index contributed by atoms with van der Waals surface area (Å²) in [6.45, 7) is 5.38. The third-order valence-electron chi connectivity index (χ3n) is 8.12. The fourth-order valence-electron chi connectivity index (χ4n) is 5.97. The number of β-lactam (4-membered cyclic amide) rings is 1. The van der Waals surface area contributed by atoms with Crippen LogP contribution in [-0.2, 0) is 14.4 Å². The molecule has 0 saturated carbocycles. The van der Waals surface area contributed by atoms with Gasteiger partial charge in [-0.15, -0.1) is 11.8 Å². The van der Waals surface area contributed by atoms with Gasteiger partial charge in [0.05, 0.1) is 44.7 Å². The lowest BCUT2D eigenvalue weighted by Crippen LogP contribution is -2.63. The number of fused-ring (bicyclic) bond motifs is 1. The summed E-state index contributed by atoms with van der Waals surface area (Å²) in [5.41, 5.74) is 0.0226. The molecule has 3 N–H and O–H groups in total. The zero-order chi connectivity index (χ0) is 24.9. The van der Waals surface area contributed by atoms with Gasteiger partial charge < -0.3 is 29.8 Å². The van der Waals surface area contributed by atoms with E-state index < -0.39 is 18.0 Å². The lowest BCUT2D eigenvalue weighted by Gasteiger charge is -2.46. The summed E-state index contributed by atoms with van der Waals surface area (Å²) in [6, 6.07) is -0.444. The maximum Gasteiger partial charge on any atom is 0.353 e. The summed E-state index contributed by atoms with van der Waals surface area (Å²) < 4.78 is 13.5. The third-order valence-corrected chi connectivity index (χ3v) is 9.63. The molecule has 2 amide bonds. The Morgan fingerprint density at radius 2 is 2.06 bits per heavy atom. The number of carbonyl (C=O) groups excluding carboxylic acids is 2. The molecule has 0 bridgehead atoms. The summed E-state index contributed by atoms with van der Waals surface area (Å²) in [6.07, 6.45) is 0.601. The second-order valence-corrected chi connectivity index (χ2v) is 12.0. The first-order valence-electron chi connectivity index (χ1n) is 12.0. The number of thioether (sulfide) groups is 1. The molecule has 11 heteroatoms. The molecule has 0 aromatic heterocycles. The highest BCUT2D eigenvalue weighted by Crippen LogP contribution is 2.51. The van der Waals surface area contributed by atoms with Crippen molar-refractivity contribution in [2.24, 2.45) is 11.8 Å². The smallest absolute Gasteiger partial charge is 0.353 e. The Labute approximate surface area is 203 Å². The van der Waals surface area contributed by atoms with Gasteiger partial charge in [0.15, 0.2) is 0 Å². The molecule has 3 saturated heterocycles. The van der Waals surface area contributed by atoms with E-state index in [0.29, 0.717) is 42.0 Å². The first-order valence-corrected chi connectivity index (χ1v) is 12.9. The van der Waals surface area contributed by atoms with Crippen LogP contribution in [0.1, 0.15) is 26.7 Å². The Kier molecular flexibility index (Phi) is 7.03. The van der Waals surface area contributed by atoms with Crippen molar-refractivity contribution in [3.63, 3.8) is 0 Å². The molecule has 7 atom stereocenters. The number of aliphatic hydroxyl groups excluding tert-OH is 1. The molecular weight excluding hydrogens is 463 g/mol. The van der Waals surface area contributed by atoms with Gasteiger partial charge in [-0.25, -0.2) is 9.18 Å². The molecule has 0 radical (unpaired) electrons. The van der Waals surface area contributed by atoms with Gasteiger partial charge in [-0.1, -0.05) is 6.92 Å². The molecule has 4 rings (SSSR count). The SMILES string of the molecule is CC(O)C1C(=O)N2C(C(=O)O)=C(SC3CNC(C(=O)N4CCC([N+](C)(C)CCF)C4)C3)C(C)[C@@H]12. The number of hydrogen-bond donors (Lipinski definition) is 3. The van der Waals surface area contributed by atoms with Crippen LogP contribution < -0.4 is 5.32 Å². The first-order chi connectivity index (χ1) is 16.0. The maximum absolute atomic E-state index is 13.2. The van der Waals surface area contributed by atoms with Crippen LogP contribution in [-0.4, -0.2) is 119 Å². The fourth-order valence-corrected chi connectivity index (χ4v) is 7.45. The second kappa shape index (κ2) is 9.40. The number of nitrogens with one attached hydrogen (secondary N) is 1. The topological polar surface area (TPSA) is 110 Å². The molecular formula is C23H36FN4O5S+. The second-order valence-electron chi connectivity index (χ2n) is 10.6. The predicted octanol–water partition coefficient (Wildman–Crippen LogP) is 0.251. The number of rotatable bonds is 8. The van der Waals surface area contributed by atoms with E-state index >= 15 is 0 Å². The van der Waals surface area contributed by atoms with Gasteiger partial charge in [0.1, 0.15) is 25.0 Å². The predicted molar refractivity (Wildman–Crippen MR) is 125 cm³/mol. The summed E-state index contributed by atoms with van der Waals surface area (Å²) in [4.78, 5) is 41.6. The van der Waals surface area contributed by atoms with Crippen molar-refractivity contribution in [3.05, 3.63) is 10.6 Å². The number of likely N-dealkylation sites (tertiary alicyclic amines) is 1. The Morgan fingerprint density at radius 3 is 2.68 bits per heavy atom. The summed E-state index contributed by atoms with van der Waals surface area (Å²) in [5, 5.41) is 23.1. The number of carbonyl (C=O) groups is 3. The molecule has 0 aromatic rings. The van der Waals surface area contributed by atoms with Crippen LogP contribution in [0.15, 0.2) is 10.6 Å². The number of carboxylic acids is 1. The highest BCUT2D eigenvalue weighted by Gasteiger charge is 2.60. The Balaban J connectivity index is 1.39. The van der Waals surface area contributed by atoms with Gasteiger partial charge in [0.25, 0.3) is 0 Å². The Morgan fingerprint density at radius 1 is 1.35 bits per heavy atom. The van der Waals surface area contributed by atoms with Gasteiger partial charge in [0, 0.05) is 35.6 Å². The van der Waals surface area contributed by atoms with Gasteiger partial charge in [-0.05, 0) is 13.3 Å². The highest BCUT2D eigenvalue weighted by molar-refractivity contribution is 8.03. The minimum atomic E-state index is -1.13. The molecule has 0 spiro atoms. The van der Waals surface area contributed by atoms with Crippen molar-refractivity contribution in [3.8, 4) is 0 Å². The molecule has 4 aliphatic heterocycles. The largest absolute Gasteiger partial charge is 0.477 e. The molecule has 0 aromatic carbocycles. The van der Waals surface area contributed by atoms with E-state index in [4.69, 9.17) is 0 Å². The monoisotopic (exact) mass is 499 g/mol. The number of carboxylic acid groups (broad SMARTS) is 1. The minimum absolute atomic E-state index is 0.0108. The van der Waals surface area contributed by atoms with Gasteiger partial charge in [-0.2, -0.15) is 0 Å². The van der Waals surface area contributed by atoms with Gasteiger partial charge in [0.2, 0.25) is 11.8 Å². The Bertz CT molecular complexity index is 897. The summed E-state index contributed by atoms with van der Waals surface area (Å²) in [7, 11) is 4.01. The summed E-state index contributed by atoms with van der Waals surface area (Å²) >= 11 is 1.44. The van der Waals surface area contributed by atoms with Crippen LogP contribution in [0, 0.1) is 11.8 Å². The maximum atomic E-state index is 13.2. The van der Waals surface area contributed by atoms with Crippen molar-refractivity contribution in [2.45, 2.75) is 56.2 Å². The average Bonchev–Trinajstić information content (AvgIpc) is 3.46. The number of hydrogen-bond acceptors (Lipinski definition) is 6. The Hall–Kier alpha value is -1.69. The van der Waals surface area contributed by atoms with Crippen molar-refractivity contribution in [1.82, 2.24) is 15.1 Å². The van der Waals surface area contributed by atoms with Gasteiger partial charge in [-0.3, -0.25) is 9.59 Å². The van der Waals surface area contributed by atoms with Crippen molar-refractivity contribution in [1.29, 1.82) is 0 Å². The number of aliphatic hydroxyl groups is 1. The number of likely N-dealkylation sites (N-methyl/N-ethyl adjacent to an activating group) is 1. The van der Waals surface area contributed by atoms with Crippen LogP contribution in [0.3, 0.4) is 0 Å².